The van der Waals surface area contributed by atoms with Gasteiger partial charge >= 0.3 is 0 Å². The van der Waals surface area contributed by atoms with E-state index in [2.05, 4.69) is 11.1 Å². The molecule has 1 aliphatic carbocycles. The Morgan fingerprint density at radius 3 is 2.52 bits per heavy atom. The van der Waals surface area contributed by atoms with Crippen LogP contribution in [0.4, 0.5) is 0 Å². The molecule has 0 radical (unpaired) electrons. The minimum absolute atomic E-state index is 0.0626. The Morgan fingerprint density at radius 1 is 1.35 bits per heavy atom. The van der Waals surface area contributed by atoms with Crippen molar-refractivity contribution in [2.45, 2.75) is 20.8 Å². The molecule has 0 saturated carbocycles. The maximum Gasteiger partial charge on any atom is 0.129 e. The average Bonchev–Trinajstić information content (AvgIpc) is 2.48. The number of nitrogens with zero attached hydrogens (tertiary/aromatic N) is 2. The quantitative estimate of drug-likeness (QED) is 0.552. The molecule has 1 unspecified atom stereocenters. The lowest BCUT2D eigenvalue weighted by atomic mass is 9.74. The van der Waals surface area contributed by atoms with Crippen molar-refractivity contribution in [1.82, 2.24) is 0 Å². The first kappa shape index (κ1) is 16.4. The molecule has 0 aromatic heterocycles. The highest BCUT2D eigenvalue weighted by molar-refractivity contribution is 6.51. The number of nitrogens with two attached hydrogens (primary N) is 2. The zero-order valence-corrected chi connectivity index (χ0v) is 13.4. The third-order valence-electron chi connectivity index (χ3n) is 3.80. The van der Waals surface area contributed by atoms with Crippen molar-refractivity contribution in [2.24, 2.45) is 27.8 Å². The van der Waals surface area contributed by atoms with Crippen LogP contribution in [0.5, 0.6) is 0 Å². The molecule has 0 fully saturated rings. The third-order valence-corrected chi connectivity index (χ3v) is 3.80. The number of aliphatic imine (C=N–C) groups is 1. The molecule has 0 aromatic rings. The van der Waals surface area contributed by atoms with E-state index in [4.69, 9.17) is 22.3 Å². The van der Waals surface area contributed by atoms with E-state index in [9.17, 15) is 5.26 Å². The molecule has 0 amide bonds. The Kier molecular flexibility index (Phi) is 4.06. The molecule has 0 spiro atoms. The summed E-state index contributed by atoms with van der Waals surface area (Å²) in [6, 6.07) is 2.22. The molecule has 1 aliphatic heterocycles. The Hall–Kier alpha value is -2.94. The number of amidine groups is 1. The monoisotopic (exact) mass is 308 g/mol. The summed E-state index contributed by atoms with van der Waals surface area (Å²) in [6.07, 6.45) is 6.29. The van der Waals surface area contributed by atoms with Crippen LogP contribution in [0.3, 0.4) is 0 Å². The second-order valence-electron chi connectivity index (χ2n) is 6.45. The van der Waals surface area contributed by atoms with Crippen LogP contribution in [-0.2, 0) is 0 Å². The predicted octanol–water partition coefficient (Wildman–Crippen LogP) is 2.18. The predicted molar refractivity (Wildman–Crippen MR) is 92.2 cm³/mol. The Bertz CT molecular complexity index is 775. The number of hydrogen-bond acceptors (Lipinski definition) is 6. The molecule has 23 heavy (non-hydrogen) atoms. The van der Waals surface area contributed by atoms with Gasteiger partial charge in [-0.1, -0.05) is 32.9 Å². The number of rotatable bonds is 1. The normalized spacial score (nSPS) is 23.7. The Balaban J connectivity index is 2.75. The molecular weight excluding hydrogens is 288 g/mol. The standard InChI is InChI=1S/C17H20N6/c1-17(2,3)15-10(7-18)13(11(8-19)16(22)23-15)9-5-4-6-12(20)14(9)21/h4-6,8,13,20-21H,19H2,1-3H3,(H2,22,23)/b11-8-,20-12?,21-14?. The number of allylic oxidation sites excluding steroid dienone is 6. The fraction of sp³-hybridized carbons (Fsp3) is 0.294. The summed E-state index contributed by atoms with van der Waals surface area (Å²) in [4.78, 5) is 4.38. The van der Waals surface area contributed by atoms with E-state index in [0.29, 0.717) is 22.4 Å². The Labute approximate surface area is 135 Å². The van der Waals surface area contributed by atoms with Gasteiger partial charge < -0.3 is 11.5 Å². The van der Waals surface area contributed by atoms with Crippen molar-refractivity contribution in [2.75, 3.05) is 0 Å². The molecule has 6 N–H and O–H groups in total. The average molecular weight is 308 g/mol. The maximum absolute atomic E-state index is 9.72. The molecule has 1 heterocycles. The van der Waals surface area contributed by atoms with Gasteiger partial charge in [0.05, 0.1) is 34.7 Å². The van der Waals surface area contributed by atoms with Crippen LogP contribution in [0.15, 0.2) is 51.8 Å². The lowest BCUT2D eigenvalue weighted by molar-refractivity contribution is 0.487. The first-order valence-corrected chi connectivity index (χ1v) is 7.19. The van der Waals surface area contributed by atoms with Crippen molar-refractivity contribution in [1.29, 1.82) is 16.1 Å². The van der Waals surface area contributed by atoms with Crippen LogP contribution >= 0.6 is 0 Å². The van der Waals surface area contributed by atoms with Gasteiger partial charge in [-0.2, -0.15) is 5.26 Å². The van der Waals surface area contributed by atoms with Gasteiger partial charge in [0, 0.05) is 17.2 Å². The SMILES string of the molecule is CC(C)(C)C1=C(C#N)C(C2=CC=CC(=N)C2=N)/C(=C/N)C(N)=N1. The van der Waals surface area contributed by atoms with Crippen LogP contribution in [-0.4, -0.2) is 17.3 Å². The summed E-state index contributed by atoms with van der Waals surface area (Å²) in [7, 11) is 0. The zero-order valence-electron chi connectivity index (χ0n) is 13.4. The van der Waals surface area contributed by atoms with E-state index in [-0.39, 0.29) is 22.7 Å². The van der Waals surface area contributed by atoms with E-state index in [0.717, 1.165) is 0 Å². The van der Waals surface area contributed by atoms with Crippen LogP contribution < -0.4 is 11.5 Å². The summed E-state index contributed by atoms with van der Waals surface area (Å²) in [5, 5.41) is 25.8. The van der Waals surface area contributed by atoms with Gasteiger partial charge in [-0.3, -0.25) is 10.8 Å². The highest BCUT2D eigenvalue weighted by Crippen LogP contribution is 2.41. The van der Waals surface area contributed by atoms with Crippen molar-refractivity contribution in [3.8, 4) is 6.07 Å². The molecule has 2 rings (SSSR count). The fourth-order valence-electron chi connectivity index (χ4n) is 2.69. The largest absolute Gasteiger partial charge is 0.404 e. The van der Waals surface area contributed by atoms with E-state index >= 15 is 0 Å². The maximum atomic E-state index is 9.72. The molecule has 6 nitrogen and oxygen atoms in total. The van der Waals surface area contributed by atoms with E-state index < -0.39 is 5.92 Å². The van der Waals surface area contributed by atoms with E-state index in [1.807, 2.05) is 20.8 Å². The van der Waals surface area contributed by atoms with Crippen LogP contribution in [0, 0.1) is 33.5 Å². The van der Waals surface area contributed by atoms with Gasteiger partial charge in [0.1, 0.15) is 5.84 Å². The van der Waals surface area contributed by atoms with Crippen LogP contribution in [0.2, 0.25) is 0 Å². The van der Waals surface area contributed by atoms with Crippen LogP contribution in [0.1, 0.15) is 20.8 Å². The van der Waals surface area contributed by atoms with Crippen LogP contribution in [0.25, 0.3) is 0 Å². The van der Waals surface area contributed by atoms with Gasteiger partial charge in [0.25, 0.3) is 0 Å². The first-order valence-electron chi connectivity index (χ1n) is 7.19. The van der Waals surface area contributed by atoms with Crippen molar-refractivity contribution >= 4 is 17.3 Å². The number of nitrogens with one attached hydrogen (secondary N) is 2. The van der Waals surface area contributed by atoms with Crippen molar-refractivity contribution < 1.29 is 0 Å². The van der Waals surface area contributed by atoms with Gasteiger partial charge in [0.15, 0.2) is 0 Å². The first-order chi connectivity index (χ1) is 10.7. The van der Waals surface area contributed by atoms with Gasteiger partial charge in [0.2, 0.25) is 0 Å². The highest BCUT2D eigenvalue weighted by atomic mass is 14.9. The molecule has 0 aromatic carbocycles. The minimum atomic E-state index is -0.575. The number of hydrogen-bond donors (Lipinski definition) is 4. The summed E-state index contributed by atoms with van der Waals surface area (Å²) in [5.74, 6) is -0.328. The second-order valence-corrected chi connectivity index (χ2v) is 6.45. The molecule has 0 saturated heterocycles. The topological polar surface area (TPSA) is 136 Å². The van der Waals surface area contributed by atoms with Gasteiger partial charge in [-0.05, 0) is 11.6 Å². The molecule has 118 valence electrons. The van der Waals surface area contributed by atoms with E-state index in [1.165, 1.54) is 6.20 Å². The summed E-state index contributed by atoms with van der Waals surface area (Å²) in [6.45, 7) is 5.85. The van der Waals surface area contributed by atoms with E-state index in [1.54, 1.807) is 18.2 Å². The molecule has 6 heteroatoms. The summed E-state index contributed by atoms with van der Waals surface area (Å²) >= 11 is 0. The molecule has 2 aliphatic rings. The third kappa shape index (κ3) is 2.73. The zero-order chi connectivity index (χ0) is 17.4. The summed E-state index contributed by atoms with van der Waals surface area (Å²) in [5.41, 5.74) is 13.6. The fourth-order valence-corrected chi connectivity index (χ4v) is 2.69. The van der Waals surface area contributed by atoms with Gasteiger partial charge in [-0.25, -0.2) is 4.99 Å². The molecular formula is C17H20N6. The minimum Gasteiger partial charge on any atom is -0.404 e. The van der Waals surface area contributed by atoms with Gasteiger partial charge in [-0.15, -0.1) is 0 Å². The lowest BCUT2D eigenvalue weighted by Gasteiger charge is -2.32. The smallest absolute Gasteiger partial charge is 0.129 e. The lowest BCUT2D eigenvalue weighted by Crippen LogP contribution is -2.34. The molecule has 1 atom stereocenters. The Morgan fingerprint density at radius 2 is 2.00 bits per heavy atom. The summed E-state index contributed by atoms with van der Waals surface area (Å²) < 4.78 is 0. The molecule has 0 bridgehead atoms. The number of nitriles is 1. The highest BCUT2D eigenvalue weighted by Gasteiger charge is 2.37. The van der Waals surface area contributed by atoms with Crippen molar-refractivity contribution in [3.05, 3.63) is 46.8 Å². The second kappa shape index (κ2) is 5.69. The van der Waals surface area contributed by atoms with Crippen molar-refractivity contribution in [3.63, 3.8) is 0 Å².